The fourth-order valence-electron chi connectivity index (χ4n) is 2.09. The van der Waals surface area contributed by atoms with Crippen LogP contribution in [0.15, 0.2) is 0 Å². The quantitative estimate of drug-likeness (QED) is 0.524. The molecule has 2 unspecified atom stereocenters. The van der Waals surface area contributed by atoms with E-state index in [1.54, 1.807) is 0 Å². The van der Waals surface area contributed by atoms with Crippen molar-refractivity contribution in [2.75, 3.05) is 6.67 Å². The lowest BCUT2D eigenvalue weighted by atomic mass is 9.83. The lowest BCUT2D eigenvalue weighted by Gasteiger charge is -2.35. The summed E-state index contributed by atoms with van der Waals surface area (Å²) >= 11 is 0. The molecule has 0 aromatic carbocycles. The van der Waals surface area contributed by atoms with Crippen molar-refractivity contribution >= 4 is 5.91 Å². The SMILES string of the molecule is O=C1NCNC2CCCCC12. The van der Waals surface area contributed by atoms with Crippen molar-refractivity contribution in [2.45, 2.75) is 31.7 Å². The molecule has 0 radical (unpaired) electrons. The Morgan fingerprint density at radius 1 is 1.27 bits per heavy atom. The fraction of sp³-hybridized carbons (Fsp3) is 0.875. The average Bonchev–Trinajstić information content (AvgIpc) is 2.06. The number of rotatable bonds is 0. The van der Waals surface area contributed by atoms with E-state index in [2.05, 4.69) is 10.6 Å². The van der Waals surface area contributed by atoms with Gasteiger partial charge in [0.2, 0.25) is 5.91 Å². The molecule has 2 fully saturated rings. The van der Waals surface area contributed by atoms with Gasteiger partial charge in [0, 0.05) is 6.04 Å². The monoisotopic (exact) mass is 154 g/mol. The van der Waals surface area contributed by atoms with Crippen molar-refractivity contribution in [2.24, 2.45) is 5.92 Å². The first-order valence-corrected chi connectivity index (χ1v) is 4.39. The minimum atomic E-state index is 0.258. The topological polar surface area (TPSA) is 41.1 Å². The second kappa shape index (κ2) is 2.81. The number of nitrogens with one attached hydrogen (secondary N) is 2. The van der Waals surface area contributed by atoms with Gasteiger partial charge in [-0.2, -0.15) is 0 Å². The number of carbonyl (C=O) groups is 1. The molecule has 2 atom stereocenters. The van der Waals surface area contributed by atoms with Gasteiger partial charge in [-0.05, 0) is 12.8 Å². The summed E-state index contributed by atoms with van der Waals surface area (Å²) in [4.78, 5) is 11.3. The fourth-order valence-corrected chi connectivity index (χ4v) is 2.09. The normalized spacial score (nSPS) is 37.6. The maximum absolute atomic E-state index is 11.3. The van der Waals surface area contributed by atoms with Crippen molar-refractivity contribution in [1.29, 1.82) is 0 Å². The van der Waals surface area contributed by atoms with Crippen LogP contribution < -0.4 is 10.6 Å². The highest BCUT2D eigenvalue weighted by Gasteiger charge is 2.32. The Bertz CT molecular complexity index is 167. The predicted molar refractivity (Wildman–Crippen MR) is 41.9 cm³/mol. The van der Waals surface area contributed by atoms with Gasteiger partial charge in [0.15, 0.2) is 0 Å². The third-order valence-electron chi connectivity index (χ3n) is 2.73. The standard InChI is InChI=1S/C8H14N2O/c11-8-6-3-1-2-4-7(6)9-5-10-8/h6-7,9H,1-5H2,(H,10,11). The maximum Gasteiger partial charge on any atom is 0.225 e. The Morgan fingerprint density at radius 3 is 2.91 bits per heavy atom. The van der Waals surface area contributed by atoms with Crippen molar-refractivity contribution in [3.63, 3.8) is 0 Å². The molecule has 0 aromatic heterocycles. The molecule has 1 saturated carbocycles. The molecule has 0 bridgehead atoms. The van der Waals surface area contributed by atoms with E-state index >= 15 is 0 Å². The third kappa shape index (κ3) is 1.25. The van der Waals surface area contributed by atoms with Crippen LogP contribution in [0.2, 0.25) is 0 Å². The molecule has 2 N–H and O–H groups in total. The minimum absolute atomic E-state index is 0.258. The summed E-state index contributed by atoms with van der Waals surface area (Å²) in [6.45, 7) is 0.667. The van der Waals surface area contributed by atoms with E-state index in [0.29, 0.717) is 12.7 Å². The highest BCUT2D eigenvalue weighted by Crippen LogP contribution is 2.25. The molecular formula is C8H14N2O. The summed E-state index contributed by atoms with van der Waals surface area (Å²) in [7, 11) is 0. The molecule has 1 aliphatic carbocycles. The number of fused-ring (bicyclic) bond motifs is 1. The van der Waals surface area contributed by atoms with Gasteiger partial charge in [0.05, 0.1) is 12.6 Å². The van der Waals surface area contributed by atoms with Gasteiger partial charge in [0.25, 0.3) is 0 Å². The molecular weight excluding hydrogens is 140 g/mol. The lowest BCUT2D eigenvalue weighted by Crippen LogP contribution is -2.55. The van der Waals surface area contributed by atoms with Crippen molar-refractivity contribution in [3.8, 4) is 0 Å². The zero-order valence-electron chi connectivity index (χ0n) is 6.60. The molecule has 11 heavy (non-hydrogen) atoms. The van der Waals surface area contributed by atoms with Crippen LogP contribution in [0.5, 0.6) is 0 Å². The third-order valence-corrected chi connectivity index (χ3v) is 2.73. The van der Waals surface area contributed by atoms with Crippen LogP contribution >= 0.6 is 0 Å². The molecule has 0 aromatic rings. The summed E-state index contributed by atoms with van der Waals surface area (Å²) in [5.41, 5.74) is 0. The Kier molecular flexibility index (Phi) is 1.82. The van der Waals surface area contributed by atoms with Crippen LogP contribution in [0, 0.1) is 5.92 Å². The molecule has 1 heterocycles. The lowest BCUT2D eigenvalue weighted by molar-refractivity contribution is -0.129. The molecule has 0 spiro atoms. The summed E-state index contributed by atoms with van der Waals surface area (Å²) in [5.74, 6) is 0.519. The van der Waals surface area contributed by atoms with E-state index in [9.17, 15) is 4.79 Å². The van der Waals surface area contributed by atoms with Gasteiger partial charge in [-0.25, -0.2) is 0 Å². The van der Waals surface area contributed by atoms with Crippen molar-refractivity contribution in [3.05, 3.63) is 0 Å². The summed E-state index contributed by atoms with van der Waals surface area (Å²) in [6.07, 6.45) is 4.75. The van der Waals surface area contributed by atoms with E-state index in [4.69, 9.17) is 0 Å². The van der Waals surface area contributed by atoms with Crippen LogP contribution in [-0.4, -0.2) is 18.6 Å². The van der Waals surface area contributed by atoms with E-state index in [1.807, 2.05) is 0 Å². The molecule has 3 heteroatoms. The van der Waals surface area contributed by atoms with E-state index in [1.165, 1.54) is 19.3 Å². The Labute approximate surface area is 66.5 Å². The van der Waals surface area contributed by atoms with Crippen LogP contribution in [-0.2, 0) is 4.79 Å². The van der Waals surface area contributed by atoms with Gasteiger partial charge < -0.3 is 5.32 Å². The van der Waals surface area contributed by atoms with Gasteiger partial charge >= 0.3 is 0 Å². The number of hydrogen-bond donors (Lipinski definition) is 2. The van der Waals surface area contributed by atoms with E-state index in [0.717, 1.165) is 6.42 Å². The second-order valence-electron chi connectivity index (χ2n) is 3.42. The first-order chi connectivity index (χ1) is 5.38. The summed E-state index contributed by atoms with van der Waals surface area (Å²) in [5, 5.41) is 6.15. The van der Waals surface area contributed by atoms with Crippen LogP contribution in [0.1, 0.15) is 25.7 Å². The second-order valence-corrected chi connectivity index (χ2v) is 3.42. The number of hydrogen-bond acceptors (Lipinski definition) is 2. The highest BCUT2D eigenvalue weighted by atomic mass is 16.2. The molecule has 3 nitrogen and oxygen atoms in total. The van der Waals surface area contributed by atoms with Crippen LogP contribution in [0.4, 0.5) is 0 Å². The molecule has 1 aliphatic heterocycles. The first kappa shape index (κ1) is 7.10. The highest BCUT2D eigenvalue weighted by molar-refractivity contribution is 5.80. The summed E-state index contributed by atoms with van der Waals surface area (Å²) in [6, 6.07) is 0.470. The summed E-state index contributed by atoms with van der Waals surface area (Å²) < 4.78 is 0. The first-order valence-electron chi connectivity index (χ1n) is 4.39. The van der Waals surface area contributed by atoms with Crippen LogP contribution in [0.25, 0.3) is 0 Å². The Balaban J connectivity index is 2.05. The number of carbonyl (C=O) groups excluding carboxylic acids is 1. The average molecular weight is 154 g/mol. The molecule has 1 amide bonds. The Hall–Kier alpha value is -0.570. The van der Waals surface area contributed by atoms with Crippen LogP contribution in [0.3, 0.4) is 0 Å². The zero-order chi connectivity index (χ0) is 7.68. The van der Waals surface area contributed by atoms with Gasteiger partial charge in [-0.3, -0.25) is 10.1 Å². The maximum atomic E-state index is 11.3. The van der Waals surface area contributed by atoms with Gasteiger partial charge in [-0.15, -0.1) is 0 Å². The molecule has 2 rings (SSSR count). The zero-order valence-corrected chi connectivity index (χ0v) is 6.60. The minimum Gasteiger partial charge on any atom is -0.343 e. The van der Waals surface area contributed by atoms with E-state index < -0.39 is 0 Å². The molecule has 1 saturated heterocycles. The largest absolute Gasteiger partial charge is 0.343 e. The molecule has 62 valence electrons. The van der Waals surface area contributed by atoms with E-state index in [-0.39, 0.29) is 11.8 Å². The predicted octanol–water partition coefficient (Wildman–Crippen LogP) is 0.222. The van der Waals surface area contributed by atoms with Gasteiger partial charge in [-0.1, -0.05) is 12.8 Å². The van der Waals surface area contributed by atoms with Crippen molar-refractivity contribution in [1.82, 2.24) is 10.6 Å². The van der Waals surface area contributed by atoms with Crippen molar-refractivity contribution < 1.29 is 4.79 Å². The molecule has 2 aliphatic rings. The van der Waals surface area contributed by atoms with Gasteiger partial charge in [0.1, 0.15) is 0 Å². The smallest absolute Gasteiger partial charge is 0.225 e. The Morgan fingerprint density at radius 2 is 2.09 bits per heavy atom. The number of amides is 1.